The van der Waals surface area contributed by atoms with Crippen molar-refractivity contribution in [3.05, 3.63) is 41.5 Å². The minimum absolute atomic E-state index is 0.0520. The number of nitrogens with zero attached hydrogens (tertiary/aromatic N) is 4. The largest absolute Gasteiger partial charge is 0.433 e. The van der Waals surface area contributed by atoms with Crippen LogP contribution in [0.2, 0.25) is 0 Å². The van der Waals surface area contributed by atoms with E-state index in [0.717, 1.165) is 6.07 Å². The molecule has 3 aromatic rings. The summed E-state index contributed by atoms with van der Waals surface area (Å²) in [6, 6.07) is 3.97. The predicted molar refractivity (Wildman–Crippen MR) is 94.8 cm³/mol. The Hall–Kier alpha value is -2.97. The molecule has 0 aliphatic rings. The monoisotopic (exact) mass is 377 g/mol. The van der Waals surface area contributed by atoms with Crippen LogP contribution in [0.5, 0.6) is 0 Å². The molecule has 0 fully saturated rings. The number of amides is 1. The number of carbonyl (C=O) groups excluding carboxylic acids is 1. The predicted octanol–water partition coefficient (Wildman–Crippen LogP) is 4.22. The van der Waals surface area contributed by atoms with Crippen molar-refractivity contribution in [3.63, 3.8) is 0 Å². The van der Waals surface area contributed by atoms with Gasteiger partial charge < -0.3 is 5.32 Å². The van der Waals surface area contributed by atoms with Crippen LogP contribution in [0.25, 0.3) is 16.9 Å². The van der Waals surface area contributed by atoms with Gasteiger partial charge in [0.1, 0.15) is 22.9 Å². The number of aryl methyl sites for hydroxylation is 1. The Morgan fingerprint density at radius 2 is 1.93 bits per heavy atom. The zero-order chi connectivity index (χ0) is 19.9. The molecule has 0 spiro atoms. The van der Waals surface area contributed by atoms with Crippen LogP contribution < -0.4 is 5.32 Å². The maximum absolute atomic E-state index is 13.1. The van der Waals surface area contributed by atoms with E-state index in [2.05, 4.69) is 20.3 Å². The molecule has 0 aromatic carbocycles. The van der Waals surface area contributed by atoms with Crippen molar-refractivity contribution in [1.29, 1.82) is 0 Å². The Labute approximate surface area is 153 Å². The van der Waals surface area contributed by atoms with Gasteiger partial charge in [-0.2, -0.15) is 13.2 Å². The summed E-state index contributed by atoms with van der Waals surface area (Å²) < 4.78 is 40.9. The van der Waals surface area contributed by atoms with Crippen molar-refractivity contribution < 1.29 is 18.0 Å². The summed E-state index contributed by atoms with van der Waals surface area (Å²) in [6.07, 6.45) is -3.07. The molecule has 3 rings (SSSR count). The Kier molecular flexibility index (Phi) is 4.63. The topological polar surface area (TPSA) is 72.7 Å². The third kappa shape index (κ3) is 3.62. The summed E-state index contributed by atoms with van der Waals surface area (Å²) in [5, 5.41) is 2.61. The number of rotatable bonds is 3. The first kappa shape index (κ1) is 18.8. The average molecular weight is 377 g/mol. The van der Waals surface area contributed by atoms with E-state index in [9.17, 15) is 18.0 Å². The quantitative estimate of drug-likeness (QED) is 0.742. The molecule has 3 aromatic heterocycles. The number of imidazole rings is 1. The Morgan fingerprint density at radius 1 is 1.22 bits per heavy atom. The molecular weight excluding hydrogens is 359 g/mol. The van der Waals surface area contributed by atoms with Crippen molar-refractivity contribution in [2.24, 2.45) is 0 Å². The summed E-state index contributed by atoms with van der Waals surface area (Å²) in [7, 11) is 0. The molecule has 27 heavy (non-hydrogen) atoms. The maximum Gasteiger partial charge on any atom is 0.433 e. The molecule has 0 saturated carbocycles. The lowest BCUT2D eigenvalue weighted by Gasteiger charge is -2.13. The van der Waals surface area contributed by atoms with Crippen LogP contribution in [0.1, 0.15) is 43.8 Å². The van der Waals surface area contributed by atoms with Gasteiger partial charge in [-0.05, 0) is 30.7 Å². The Bertz CT molecular complexity index is 1020. The second-order valence-corrected chi connectivity index (χ2v) is 6.54. The van der Waals surface area contributed by atoms with Gasteiger partial charge in [0.25, 0.3) is 0 Å². The molecule has 0 saturated heterocycles. The smallest absolute Gasteiger partial charge is 0.311 e. The van der Waals surface area contributed by atoms with E-state index in [-0.39, 0.29) is 17.5 Å². The van der Waals surface area contributed by atoms with Crippen LogP contribution >= 0.6 is 0 Å². The van der Waals surface area contributed by atoms with Crippen molar-refractivity contribution in [3.8, 4) is 5.69 Å². The van der Waals surface area contributed by atoms with Crippen LogP contribution in [0.4, 0.5) is 19.0 Å². The van der Waals surface area contributed by atoms with E-state index in [1.807, 2.05) is 13.8 Å². The van der Waals surface area contributed by atoms with Crippen molar-refractivity contribution in [2.45, 2.75) is 39.8 Å². The van der Waals surface area contributed by atoms with Gasteiger partial charge in [-0.3, -0.25) is 9.36 Å². The number of aromatic nitrogens is 4. The molecule has 142 valence electrons. The fourth-order valence-corrected chi connectivity index (χ4v) is 2.75. The van der Waals surface area contributed by atoms with Gasteiger partial charge in [0.05, 0.1) is 11.9 Å². The van der Waals surface area contributed by atoms with Crippen molar-refractivity contribution in [1.82, 2.24) is 19.5 Å². The number of hydrogen-bond acceptors (Lipinski definition) is 4. The van der Waals surface area contributed by atoms with Gasteiger partial charge in [0, 0.05) is 12.8 Å². The summed E-state index contributed by atoms with van der Waals surface area (Å²) in [5.74, 6) is 0.658. The van der Waals surface area contributed by atoms with E-state index in [1.54, 1.807) is 17.6 Å². The van der Waals surface area contributed by atoms with Crippen molar-refractivity contribution >= 4 is 22.9 Å². The second kappa shape index (κ2) is 6.64. The zero-order valence-corrected chi connectivity index (χ0v) is 15.2. The Balaban J connectivity index is 2.23. The highest BCUT2D eigenvalue weighted by molar-refractivity contribution is 5.88. The lowest BCUT2D eigenvalue weighted by molar-refractivity contribution is -0.141. The summed E-state index contributed by atoms with van der Waals surface area (Å²) >= 11 is 0. The average Bonchev–Trinajstić information content (AvgIpc) is 2.94. The SMILES string of the molecule is CC(=O)Nc1ncc(-n2c(C(C)C)nc3ccc(C(F)(F)F)nc32)cc1C. The molecule has 6 nitrogen and oxygen atoms in total. The molecule has 1 amide bonds. The molecule has 0 atom stereocenters. The van der Waals surface area contributed by atoms with Gasteiger partial charge >= 0.3 is 6.18 Å². The number of nitrogens with one attached hydrogen (secondary N) is 1. The minimum Gasteiger partial charge on any atom is -0.311 e. The number of halogens is 3. The van der Waals surface area contributed by atoms with Crippen LogP contribution in [-0.2, 0) is 11.0 Å². The molecule has 9 heteroatoms. The summed E-state index contributed by atoms with van der Waals surface area (Å²) in [4.78, 5) is 23.7. The normalized spacial score (nSPS) is 12.0. The molecule has 3 heterocycles. The number of hydrogen-bond donors (Lipinski definition) is 1. The first-order chi connectivity index (χ1) is 12.6. The molecule has 0 unspecified atom stereocenters. The number of carbonyl (C=O) groups is 1. The highest BCUT2D eigenvalue weighted by Gasteiger charge is 2.33. The van der Waals surface area contributed by atoms with Crippen molar-refractivity contribution in [2.75, 3.05) is 5.32 Å². The third-order valence-electron chi connectivity index (χ3n) is 3.95. The van der Waals surface area contributed by atoms with Gasteiger partial charge in [-0.25, -0.2) is 15.0 Å². The lowest BCUT2D eigenvalue weighted by atomic mass is 10.2. The van der Waals surface area contributed by atoms with E-state index in [4.69, 9.17) is 0 Å². The molecule has 0 aliphatic heterocycles. The third-order valence-corrected chi connectivity index (χ3v) is 3.95. The molecule has 0 radical (unpaired) electrons. The zero-order valence-electron chi connectivity index (χ0n) is 15.2. The van der Waals surface area contributed by atoms with Crippen LogP contribution in [-0.4, -0.2) is 25.4 Å². The van der Waals surface area contributed by atoms with Gasteiger partial charge in [-0.15, -0.1) is 0 Å². The van der Waals surface area contributed by atoms with Crippen LogP contribution in [0.15, 0.2) is 24.4 Å². The Morgan fingerprint density at radius 3 is 2.48 bits per heavy atom. The molecule has 0 aliphatic carbocycles. The van der Waals surface area contributed by atoms with Gasteiger partial charge in [-0.1, -0.05) is 13.8 Å². The maximum atomic E-state index is 13.1. The fraction of sp³-hybridized carbons (Fsp3) is 0.333. The minimum atomic E-state index is -4.55. The number of anilines is 1. The molecule has 1 N–H and O–H groups in total. The van der Waals surface area contributed by atoms with Crippen LogP contribution in [0.3, 0.4) is 0 Å². The summed E-state index contributed by atoms with van der Waals surface area (Å²) in [5.41, 5.74) is 0.703. The highest BCUT2D eigenvalue weighted by atomic mass is 19.4. The lowest BCUT2D eigenvalue weighted by Crippen LogP contribution is -2.11. The molecular formula is C18H18F3N5O. The van der Waals surface area contributed by atoms with Crippen LogP contribution in [0, 0.1) is 6.92 Å². The van der Waals surface area contributed by atoms with E-state index in [1.165, 1.54) is 19.2 Å². The number of fused-ring (bicyclic) bond motifs is 1. The molecule has 0 bridgehead atoms. The standard InChI is InChI=1S/C18H18F3N5O/c1-9(2)16-24-13-5-6-14(18(19,20)21)25-17(13)26(16)12-7-10(3)15(22-8-12)23-11(4)27/h5-9H,1-4H3,(H,22,23,27). The highest BCUT2D eigenvalue weighted by Crippen LogP contribution is 2.31. The fourth-order valence-electron chi connectivity index (χ4n) is 2.75. The van der Waals surface area contributed by atoms with E-state index >= 15 is 0 Å². The summed E-state index contributed by atoms with van der Waals surface area (Å²) in [6.45, 7) is 6.92. The first-order valence-electron chi connectivity index (χ1n) is 8.29. The van der Waals surface area contributed by atoms with E-state index in [0.29, 0.717) is 28.4 Å². The number of alkyl halides is 3. The van der Waals surface area contributed by atoms with Gasteiger partial charge in [0.15, 0.2) is 5.65 Å². The van der Waals surface area contributed by atoms with Gasteiger partial charge in [0.2, 0.25) is 5.91 Å². The van der Waals surface area contributed by atoms with E-state index < -0.39 is 11.9 Å². The second-order valence-electron chi connectivity index (χ2n) is 6.54. The number of pyridine rings is 2. The first-order valence-corrected chi connectivity index (χ1v) is 8.29.